The normalized spacial score (nSPS) is 11.2. The van der Waals surface area contributed by atoms with Crippen molar-refractivity contribution in [2.45, 2.75) is 4.90 Å². The van der Waals surface area contributed by atoms with Gasteiger partial charge in [-0.25, -0.2) is 0 Å². The minimum atomic E-state index is 0.996. The summed E-state index contributed by atoms with van der Waals surface area (Å²) in [5, 5.41) is 2.69. The van der Waals surface area contributed by atoms with Gasteiger partial charge in [0.15, 0.2) is 0 Å². The van der Waals surface area contributed by atoms with Gasteiger partial charge in [0.1, 0.15) is 0 Å². The lowest BCUT2D eigenvalue weighted by Crippen LogP contribution is -1.77. The van der Waals surface area contributed by atoms with Crippen molar-refractivity contribution in [3.8, 4) is 11.1 Å². The van der Waals surface area contributed by atoms with Crippen LogP contribution in [0.3, 0.4) is 0 Å². The van der Waals surface area contributed by atoms with E-state index in [4.69, 9.17) is 0 Å². The third-order valence-electron chi connectivity index (χ3n) is 3.58. The number of benzene rings is 3. The number of hydrogen-bond acceptors (Lipinski definition) is 2. The van der Waals surface area contributed by atoms with E-state index in [0.29, 0.717) is 0 Å². The second-order valence-corrected chi connectivity index (χ2v) is 6.46. The molecule has 0 atom stereocenters. The zero-order valence-electron chi connectivity index (χ0n) is 10.7. The molecule has 0 aliphatic carbocycles. The highest BCUT2D eigenvalue weighted by Gasteiger charge is 2.06. The molecule has 0 N–H and O–H groups in total. The van der Waals surface area contributed by atoms with Crippen LogP contribution >= 0.6 is 24.0 Å². The summed E-state index contributed by atoms with van der Waals surface area (Å²) in [5.74, 6) is 0. The van der Waals surface area contributed by atoms with Gasteiger partial charge in [0, 0.05) is 25.1 Å². The molecule has 0 amide bonds. The fourth-order valence-electron chi connectivity index (χ4n) is 2.56. The molecule has 3 aromatic carbocycles. The highest BCUT2D eigenvalue weighted by Crippen LogP contribution is 2.36. The van der Waals surface area contributed by atoms with Crippen molar-refractivity contribution in [2.24, 2.45) is 0 Å². The molecule has 20 heavy (non-hydrogen) atoms. The average Bonchev–Trinajstić information content (AvgIpc) is 2.86. The summed E-state index contributed by atoms with van der Waals surface area (Å²) in [6.45, 7) is 0. The number of hydrogen-bond donors (Lipinski definition) is 1. The van der Waals surface area contributed by atoms with Crippen LogP contribution in [-0.4, -0.2) is 0 Å². The monoisotopic (exact) mass is 292 g/mol. The van der Waals surface area contributed by atoms with Crippen LogP contribution < -0.4 is 0 Å². The maximum absolute atomic E-state index is 4.34. The van der Waals surface area contributed by atoms with Crippen LogP contribution in [0.4, 0.5) is 0 Å². The Hall–Kier alpha value is -1.77. The Bertz CT molecular complexity index is 902. The van der Waals surface area contributed by atoms with Gasteiger partial charge in [0.05, 0.1) is 0 Å². The van der Waals surface area contributed by atoms with E-state index in [1.807, 2.05) is 23.5 Å². The molecule has 0 saturated heterocycles. The molecule has 0 saturated carbocycles. The van der Waals surface area contributed by atoms with E-state index >= 15 is 0 Å². The first kappa shape index (κ1) is 12.0. The summed E-state index contributed by atoms with van der Waals surface area (Å²) >= 11 is 6.20. The van der Waals surface area contributed by atoms with Crippen LogP contribution in [0, 0.1) is 0 Å². The summed E-state index contributed by atoms with van der Waals surface area (Å²) < 4.78 is 2.70. The second-order valence-electron chi connectivity index (χ2n) is 4.86. The highest BCUT2D eigenvalue weighted by atomic mass is 32.1. The van der Waals surface area contributed by atoms with E-state index in [2.05, 4.69) is 67.2 Å². The molecule has 0 radical (unpaired) electrons. The molecule has 0 bridgehead atoms. The molecule has 0 spiro atoms. The lowest BCUT2D eigenvalue weighted by Gasteiger charge is -2.02. The van der Waals surface area contributed by atoms with Crippen molar-refractivity contribution in [3.63, 3.8) is 0 Å². The minimum Gasteiger partial charge on any atom is -0.143 e. The summed E-state index contributed by atoms with van der Waals surface area (Å²) in [4.78, 5) is 0.996. The number of thiol groups is 1. The lowest BCUT2D eigenvalue weighted by molar-refractivity contribution is 1.47. The second kappa shape index (κ2) is 4.65. The molecule has 4 rings (SSSR count). The SMILES string of the molecule is Sc1ccc(-c2ccc3sc4ccccc4c3c2)cc1. The van der Waals surface area contributed by atoms with Crippen molar-refractivity contribution in [1.82, 2.24) is 0 Å². The van der Waals surface area contributed by atoms with Crippen LogP contribution in [0.2, 0.25) is 0 Å². The van der Waals surface area contributed by atoms with Crippen molar-refractivity contribution >= 4 is 44.1 Å². The Morgan fingerprint density at radius 3 is 2.20 bits per heavy atom. The molecule has 2 heteroatoms. The highest BCUT2D eigenvalue weighted by molar-refractivity contribution is 7.80. The molecule has 4 aromatic rings. The standard InChI is InChI=1S/C18H12S2/c19-14-8-5-12(6-9-14)13-7-10-18-16(11-13)15-3-1-2-4-17(15)20-18/h1-11,19H. The third-order valence-corrected chi connectivity index (χ3v) is 5.03. The van der Waals surface area contributed by atoms with Crippen molar-refractivity contribution in [2.75, 3.05) is 0 Å². The Balaban J connectivity index is 1.97. The van der Waals surface area contributed by atoms with E-state index in [-0.39, 0.29) is 0 Å². The fraction of sp³-hybridized carbons (Fsp3) is 0. The van der Waals surface area contributed by atoms with Gasteiger partial charge >= 0.3 is 0 Å². The van der Waals surface area contributed by atoms with Gasteiger partial charge in [-0.15, -0.1) is 24.0 Å². The van der Waals surface area contributed by atoms with Crippen LogP contribution in [0.15, 0.2) is 71.6 Å². The summed E-state index contributed by atoms with van der Waals surface area (Å²) in [7, 11) is 0. The molecule has 1 aromatic heterocycles. The first-order valence-electron chi connectivity index (χ1n) is 6.52. The number of fused-ring (bicyclic) bond motifs is 3. The predicted molar refractivity (Wildman–Crippen MR) is 92.0 cm³/mol. The molecule has 96 valence electrons. The zero-order valence-corrected chi connectivity index (χ0v) is 12.4. The van der Waals surface area contributed by atoms with Gasteiger partial charge in [0.25, 0.3) is 0 Å². The molecular weight excluding hydrogens is 280 g/mol. The predicted octanol–water partition coefficient (Wildman–Crippen LogP) is 6.01. The molecule has 0 fully saturated rings. The molecule has 0 nitrogen and oxygen atoms in total. The average molecular weight is 292 g/mol. The minimum absolute atomic E-state index is 0.996. The van der Waals surface area contributed by atoms with Gasteiger partial charge in [-0.2, -0.15) is 0 Å². The lowest BCUT2D eigenvalue weighted by atomic mass is 10.0. The van der Waals surface area contributed by atoms with Crippen molar-refractivity contribution < 1.29 is 0 Å². The Kier molecular flexibility index (Phi) is 2.79. The molecule has 0 unspecified atom stereocenters. The van der Waals surface area contributed by atoms with Crippen molar-refractivity contribution in [3.05, 3.63) is 66.7 Å². The van der Waals surface area contributed by atoms with Gasteiger partial charge in [-0.05, 0) is 41.5 Å². The van der Waals surface area contributed by atoms with Gasteiger partial charge < -0.3 is 0 Å². The zero-order chi connectivity index (χ0) is 13.5. The Morgan fingerprint density at radius 2 is 1.35 bits per heavy atom. The largest absolute Gasteiger partial charge is 0.143 e. The Morgan fingerprint density at radius 1 is 0.650 bits per heavy atom. The maximum Gasteiger partial charge on any atom is 0.0355 e. The summed E-state index contributed by atoms with van der Waals surface area (Å²) in [6, 6.07) is 23.6. The van der Waals surface area contributed by atoms with E-state index in [1.165, 1.54) is 31.3 Å². The van der Waals surface area contributed by atoms with Gasteiger partial charge in [0.2, 0.25) is 0 Å². The van der Waals surface area contributed by atoms with E-state index < -0.39 is 0 Å². The summed E-state index contributed by atoms with van der Waals surface area (Å²) in [6.07, 6.45) is 0. The Labute approximate surface area is 127 Å². The van der Waals surface area contributed by atoms with E-state index in [1.54, 1.807) is 0 Å². The summed E-state index contributed by atoms with van der Waals surface area (Å²) in [5.41, 5.74) is 2.49. The molecule has 1 heterocycles. The van der Waals surface area contributed by atoms with E-state index in [9.17, 15) is 0 Å². The smallest absolute Gasteiger partial charge is 0.0355 e. The number of rotatable bonds is 1. The van der Waals surface area contributed by atoms with Crippen LogP contribution in [0.25, 0.3) is 31.3 Å². The van der Waals surface area contributed by atoms with Gasteiger partial charge in [-0.1, -0.05) is 36.4 Å². The third kappa shape index (κ3) is 1.92. The van der Waals surface area contributed by atoms with Gasteiger partial charge in [-0.3, -0.25) is 0 Å². The first-order chi connectivity index (χ1) is 9.81. The maximum atomic E-state index is 4.34. The first-order valence-corrected chi connectivity index (χ1v) is 7.78. The fourth-order valence-corrected chi connectivity index (χ4v) is 3.80. The van der Waals surface area contributed by atoms with E-state index in [0.717, 1.165) is 4.90 Å². The molecular formula is C18H12S2. The quantitative estimate of drug-likeness (QED) is 0.408. The van der Waals surface area contributed by atoms with Crippen LogP contribution in [-0.2, 0) is 0 Å². The van der Waals surface area contributed by atoms with Crippen LogP contribution in [0.5, 0.6) is 0 Å². The van der Waals surface area contributed by atoms with Crippen molar-refractivity contribution in [1.29, 1.82) is 0 Å². The van der Waals surface area contributed by atoms with Crippen LogP contribution in [0.1, 0.15) is 0 Å². The number of thiophene rings is 1. The topological polar surface area (TPSA) is 0 Å². The molecule has 0 aliphatic heterocycles. The molecule has 0 aliphatic rings.